The Labute approximate surface area is 188 Å². The molecular weight excluding hydrogens is 394 g/mol. The van der Waals surface area contributed by atoms with Crippen LogP contribution in [0.4, 0.5) is 4.39 Å². The maximum Gasteiger partial charge on any atom is 1.00 e. The molecule has 1 heterocycles. The molecule has 0 N–H and O–H groups in total. The van der Waals surface area contributed by atoms with Crippen LogP contribution >= 0.6 is 11.6 Å². The Morgan fingerprint density at radius 1 is 1.14 bits per heavy atom. The van der Waals surface area contributed by atoms with Crippen molar-refractivity contribution in [3.8, 4) is 28.4 Å². The van der Waals surface area contributed by atoms with Gasteiger partial charge in [0.25, 0.3) is 0 Å². The number of benzene rings is 2. The fourth-order valence-electron chi connectivity index (χ4n) is 2.55. The summed E-state index contributed by atoms with van der Waals surface area (Å²) >= 11 is 5.74. The first-order chi connectivity index (χ1) is 13.0. The molecule has 28 heavy (non-hydrogen) atoms. The second kappa shape index (κ2) is 9.98. The summed E-state index contributed by atoms with van der Waals surface area (Å²) in [5, 5.41) is 10.8. The van der Waals surface area contributed by atoms with Crippen molar-refractivity contribution in [3.05, 3.63) is 65.1 Å². The first kappa shape index (κ1) is 22.3. The molecule has 3 rings (SSSR count). The van der Waals surface area contributed by atoms with Gasteiger partial charge in [0.2, 0.25) is 0 Å². The molecule has 0 bridgehead atoms. The molecule has 1 aromatic heterocycles. The molecule has 2 aromatic carbocycles. The standard InChI is InChI=1S/C20H16ClFN2O3.Na/c1-27-15-4-2-3-12(9-15)18-11-14(6-8-19(25)26)23-20(24-18)13-5-7-16(21)17(22)10-13;/h2-5,7,9-11H,6,8H2,1H3,(H,25,26);/q;+1/p-1. The van der Waals surface area contributed by atoms with Gasteiger partial charge in [-0.3, -0.25) is 0 Å². The van der Waals surface area contributed by atoms with Crippen molar-refractivity contribution in [2.45, 2.75) is 12.8 Å². The van der Waals surface area contributed by atoms with E-state index in [1.54, 1.807) is 31.4 Å². The second-order valence-corrected chi connectivity index (χ2v) is 6.21. The van der Waals surface area contributed by atoms with Crippen molar-refractivity contribution in [1.82, 2.24) is 9.97 Å². The smallest absolute Gasteiger partial charge is 0.550 e. The van der Waals surface area contributed by atoms with Gasteiger partial charge in [-0.05, 0) is 49.2 Å². The Bertz CT molecular complexity index is 1000. The summed E-state index contributed by atoms with van der Waals surface area (Å²) in [4.78, 5) is 19.7. The zero-order valence-electron chi connectivity index (χ0n) is 15.4. The summed E-state index contributed by atoms with van der Waals surface area (Å²) in [6, 6.07) is 13.3. The van der Waals surface area contributed by atoms with Gasteiger partial charge >= 0.3 is 29.6 Å². The third kappa shape index (κ3) is 5.52. The third-order valence-electron chi connectivity index (χ3n) is 3.91. The zero-order chi connectivity index (χ0) is 19.4. The van der Waals surface area contributed by atoms with Crippen LogP contribution in [0.2, 0.25) is 5.02 Å². The molecule has 0 aliphatic rings. The van der Waals surface area contributed by atoms with Gasteiger partial charge in [0.15, 0.2) is 5.82 Å². The molecule has 138 valence electrons. The number of methoxy groups -OCH3 is 1. The number of rotatable bonds is 6. The first-order valence-electron chi connectivity index (χ1n) is 8.14. The van der Waals surface area contributed by atoms with Crippen LogP contribution in [0, 0.1) is 5.82 Å². The second-order valence-electron chi connectivity index (χ2n) is 5.80. The Kier molecular flexibility index (Phi) is 7.95. The van der Waals surface area contributed by atoms with E-state index in [4.69, 9.17) is 16.3 Å². The summed E-state index contributed by atoms with van der Waals surface area (Å²) in [7, 11) is 1.56. The number of aryl methyl sites for hydroxylation is 1. The molecule has 0 aliphatic carbocycles. The monoisotopic (exact) mass is 408 g/mol. The predicted octanol–water partition coefficient (Wildman–Crippen LogP) is 0.298. The van der Waals surface area contributed by atoms with E-state index in [0.717, 1.165) is 5.56 Å². The topological polar surface area (TPSA) is 75.1 Å². The number of hydrogen-bond donors (Lipinski definition) is 0. The number of ether oxygens (including phenoxy) is 1. The number of carbonyl (C=O) groups excluding carboxylic acids is 1. The molecule has 0 fully saturated rings. The molecule has 0 unspecified atom stereocenters. The van der Waals surface area contributed by atoms with Crippen LogP contribution in [0.25, 0.3) is 22.6 Å². The molecule has 0 aliphatic heterocycles. The van der Waals surface area contributed by atoms with Gasteiger partial charge in [-0.1, -0.05) is 23.7 Å². The van der Waals surface area contributed by atoms with Crippen molar-refractivity contribution in [2.24, 2.45) is 0 Å². The van der Waals surface area contributed by atoms with E-state index in [-0.39, 0.29) is 53.2 Å². The number of halogens is 2. The SMILES string of the molecule is COc1cccc(-c2cc(CCC(=O)[O-])nc(-c3ccc(Cl)c(F)c3)n2)c1.[Na+]. The summed E-state index contributed by atoms with van der Waals surface area (Å²) in [6.07, 6.45) is -0.00607. The molecule has 0 spiro atoms. The van der Waals surface area contributed by atoms with E-state index in [9.17, 15) is 14.3 Å². The average Bonchev–Trinajstić information content (AvgIpc) is 2.68. The van der Waals surface area contributed by atoms with E-state index in [1.807, 2.05) is 12.1 Å². The van der Waals surface area contributed by atoms with Gasteiger partial charge in [0.1, 0.15) is 11.6 Å². The predicted molar refractivity (Wildman–Crippen MR) is 97.8 cm³/mol. The van der Waals surface area contributed by atoms with Gasteiger partial charge in [0, 0.05) is 22.8 Å². The van der Waals surface area contributed by atoms with Crippen molar-refractivity contribution in [3.63, 3.8) is 0 Å². The minimum atomic E-state index is -1.17. The van der Waals surface area contributed by atoms with Crippen LogP contribution in [0.5, 0.6) is 5.75 Å². The van der Waals surface area contributed by atoms with E-state index in [1.165, 1.54) is 12.1 Å². The van der Waals surface area contributed by atoms with Crippen LogP contribution in [-0.4, -0.2) is 23.0 Å². The molecule has 0 amide bonds. The number of aromatic nitrogens is 2. The Morgan fingerprint density at radius 2 is 1.93 bits per heavy atom. The fraction of sp³-hybridized carbons (Fsp3) is 0.150. The van der Waals surface area contributed by atoms with Crippen LogP contribution in [0.15, 0.2) is 48.5 Å². The molecule has 0 saturated heterocycles. The number of nitrogens with zero attached hydrogens (tertiary/aromatic N) is 2. The number of hydrogen-bond acceptors (Lipinski definition) is 5. The molecule has 8 heteroatoms. The van der Waals surface area contributed by atoms with Crippen molar-refractivity contribution >= 4 is 17.6 Å². The number of carboxylic acids is 1. The number of carbonyl (C=O) groups is 1. The van der Waals surface area contributed by atoms with Crippen molar-refractivity contribution in [1.29, 1.82) is 0 Å². The van der Waals surface area contributed by atoms with E-state index in [0.29, 0.717) is 22.7 Å². The van der Waals surface area contributed by atoms with Crippen LogP contribution in [0.1, 0.15) is 12.1 Å². The first-order valence-corrected chi connectivity index (χ1v) is 8.51. The third-order valence-corrected chi connectivity index (χ3v) is 4.21. The van der Waals surface area contributed by atoms with Gasteiger partial charge < -0.3 is 14.6 Å². The zero-order valence-corrected chi connectivity index (χ0v) is 18.2. The van der Waals surface area contributed by atoms with E-state index >= 15 is 0 Å². The van der Waals surface area contributed by atoms with Crippen molar-refractivity contribution in [2.75, 3.05) is 7.11 Å². The summed E-state index contributed by atoms with van der Waals surface area (Å²) in [6.45, 7) is 0. The van der Waals surface area contributed by atoms with E-state index < -0.39 is 11.8 Å². The van der Waals surface area contributed by atoms with Crippen LogP contribution in [-0.2, 0) is 11.2 Å². The van der Waals surface area contributed by atoms with Crippen molar-refractivity contribution < 1.29 is 48.6 Å². The maximum absolute atomic E-state index is 13.9. The molecule has 0 atom stereocenters. The minimum Gasteiger partial charge on any atom is -0.550 e. The summed E-state index contributed by atoms with van der Waals surface area (Å²) in [5.41, 5.74) is 2.29. The average molecular weight is 409 g/mol. The van der Waals surface area contributed by atoms with Gasteiger partial charge in [0.05, 0.1) is 17.8 Å². The largest absolute Gasteiger partial charge is 1.00 e. The quantitative estimate of drug-likeness (QED) is 0.548. The van der Waals surface area contributed by atoms with Gasteiger partial charge in [-0.15, -0.1) is 0 Å². The normalized spacial score (nSPS) is 10.2. The van der Waals surface area contributed by atoms with Crippen LogP contribution in [0.3, 0.4) is 0 Å². The maximum atomic E-state index is 13.9. The Balaban J connectivity index is 0.00000280. The Hall–Kier alpha value is -1.99. The molecule has 3 aromatic rings. The van der Waals surface area contributed by atoms with Gasteiger partial charge in [-0.25, -0.2) is 14.4 Å². The van der Waals surface area contributed by atoms with E-state index in [2.05, 4.69) is 9.97 Å². The van der Waals surface area contributed by atoms with Crippen LogP contribution < -0.4 is 39.4 Å². The Morgan fingerprint density at radius 3 is 2.61 bits per heavy atom. The number of aliphatic carboxylic acids is 1. The minimum absolute atomic E-state index is 0. The molecule has 0 radical (unpaired) electrons. The number of carboxylic acid groups (broad SMARTS) is 1. The summed E-state index contributed by atoms with van der Waals surface area (Å²) in [5.74, 6) is -0.822. The summed E-state index contributed by atoms with van der Waals surface area (Å²) < 4.78 is 19.1. The fourth-order valence-corrected chi connectivity index (χ4v) is 2.67. The molecular formula is C20H15ClFN2NaO3. The molecule has 0 saturated carbocycles. The molecule has 5 nitrogen and oxygen atoms in total. The van der Waals surface area contributed by atoms with Gasteiger partial charge in [-0.2, -0.15) is 0 Å².